The molecule has 1 aliphatic heterocycles. The van der Waals surface area contributed by atoms with E-state index >= 15 is 0 Å². The number of anilines is 1. The van der Waals surface area contributed by atoms with E-state index in [1.807, 2.05) is 0 Å². The van der Waals surface area contributed by atoms with E-state index < -0.39 is 11.8 Å². The summed E-state index contributed by atoms with van der Waals surface area (Å²) in [6.07, 6.45) is 1.49. The van der Waals surface area contributed by atoms with Crippen LogP contribution >= 0.6 is 11.6 Å². The standard InChI is InChI=1S/C20H10ClN3O3/c21-12-6-7-16-15(10-12)23-18(27-16)11-3-1-4-13(9-11)24-19(25)14-5-2-8-22-17(14)20(24)26/h1-10H. The number of amides is 2. The van der Waals surface area contributed by atoms with Crippen molar-refractivity contribution in [3.8, 4) is 11.5 Å². The number of carbonyl (C=O) groups excluding carboxylic acids is 2. The molecule has 6 nitrogen and oxygen atoms in total. The molecule has 3 heterocycles. The number of aromatic nitrogens is 2. The molecule has 0 radical (unpaired) electrons. The van der Waals surface area contributed by atoms with Gasteiger partial charge >= 0.3 is 0 Å². The Morgan fingerprint density at radius 1 is 0.963 bits per heavy atom. The number of fused-ring (bicyclic) bond motifs is 2. The van der Waals surface area contributed by atoms with E-state index in [1.54, 1.807) is 54.6 Å². The van der Waals surface area contributed by atoms with Crippen molar-refractivity contribution in [1.29, 1.82) is 0 Å². The van der Waals surface area contributed by atoms with E-state index in [1.165, 1.54) is 6.20 Å². The number of pyridine rings is 1. The minimum Gasteiger partial charge on any atom is -0.436 e. The van der Waals surface area contributed by atoms with E-state index in [2.05, 4.69) is 9.97 Å². The minimum absolute atomic E-state index is 0.157. The van der Waals surface area contributed by atoms with E-state index in [0.717, 1.165) is 4.90 Å². The Morgan fingerprint density at radius 3 is 2.70 bits per heavy atom. The smallest absolute Gasteiger partial charge is 0.284 e. The van der Waals surface area contributed by atoms with Crippen molar-refractivity contribution in [2.45, 2.75) is 0 Å². The van der Waals surface area contributed by atoms with Gasteiger partial charge in [0.05, 0.1) is 11.3 Å². The van der Waals surface area contributed by atoms with Crippen LogP contribution in [0.2, 0.25) is 5.02 Å². The topological polar surface area (TPSA) is 76.3 Å². The number of carbonyl (C=O) groups is 2. The third-order valence-electron chi connectivity index (χ3n) is 4.35. The molecule has 2 amide bonds. The highest BCUT2D eigenvalue weighted by Crippen LogP contribution is 2.32. The zero-order valence-electron chi connectivity index (χ0n) is 13.7. The first kappa shape index (κ1) is 15.7. The van der Waals surface area contributed by atoms with Crippen LogP contribution in [0, 0.1) is 0 Å². The van der Waals surface area contributed by atoms with Gasteiger partial charge in [-0.15, -0.1) is 0 Å². The van der Waals surface area contributed by atoms with Crippen molar-refractivity contribution >= 4 is 40.2 Å². The van der Waals surface area contributed by atoms with Gasteiger partial charge in [-0.1, -0.05) is 17.7 Å². The second kappa shape index (κ2) is 5.75. The van der Waals surface area contributed by atoms with Crippen molar-refractivity contribution in [2.24, 2.45) is 0 Å². The maximum absolute atomic E-state index is 12.6. The van der Waals surface area contributed by atoms with E-state index in [0.29, 0.717) is 38.8 Å². The summed E-state index contributed by atoms with van der Waals surface area (Å²) in [5, 5.41) is 0.564. The number of oxazole rings is 1. The predicted octanol–water partition coefficient (Wildman–Crippen LogP) is 4.34. The average molecular weight is 376 g/mol. The van der Waals surface area contributed by atoms with Crippen LogP contribution in [0.4, 0.5) is 5.69 Å². The molecule has 0 saturated heterocycles. The van der Waals surface area contributed by atoms with Gasteiger partial charge in [-0.2, -0.15) is 0 Å². The Balaban J connectivity index is 1.58. The number of rotatable bonds is 2. The largest absolute Gasteiger partial charge is 0.436 e. The lowest BCUT2D eigenvalue weighted by atomic mass is 10.2. The molecule has 0 spiro atoms. The summed E-state index contributed by atoms with van der Waals surface area (Å²) >= 11 is 5.99. The molecule has 1 aliphatic rings. The molecule has 27 heavy (non-hydrogen) atoms. The Bertz CT molecular complexity index is 1210. The lowest BCUT2D eigenvalue weighted by Gasteiger charge is -2.14. The highest BCUT2D eigenvalue weighted by Gasteiger charge is 2.37. The molecule has 0 fully saturated rings. The van der Waals surface area contributed by atoms with Crippen LogP contribution in [-0.4, -0.2) is 21.8 Å². The summed E-state index contributed by atoms with van der Waals surface area (Å²) in [6.45, 7) is 0. The second-order valence-electron chi connectivity index (χ2n) is 6.03. The zero-order chi connectivity index (χ0) is 18.5. The number of halogens is 1. The highest BCUT2D eigenvalue weighted by molar-refractivity contribution is 6.33. The first-order valence-electron chi connectivity index (χ1n) is 8.12. The molecule has 5 rings (SSSR count). The molecule has 0 aliphatic carbocycles. The monoisotopic (exact) mass is 375 g/mol. The SMILES string of the molecule is O=C1c2cccnc2C(=O)N1c1cccc(-c2nc3cc(Cl)ccc3o2)c1. The molecule has 2 aromatic heterocycles. The fourth-order valence-electron chi connectivity index (χ4n) is 3.10. The van der Waals surface area contributed by atoms with Gasteiger partial charge in [0.1, 0.15) is 11.2 Å². The van der Waals surface area contributed by atoms with Gasteiger partial charge in [0, 0.05) is 16.8 Å². The zero-order valence-corrected chi connectivity index (χ0v) is 14.5. The van der Waals surface area contributed by atoms with Gasteiger partial charge in [-0.3, -0.25) is 14.6 Å². The maximum Gasteiger partial charge on any atom is 0.284 e. The summed E-state index contributed by atoms with van der Waals surface area (Å²) < 4.78 is 5.77. The van der Waals surface area contributed by atoms with Crippen LogP contribution < -0.4 is 4.90 Å². The molecule has 0 saturated carbocycles. The van der Waals surface area contributed by atoms with Crippen molar-refractivity contribution in [2.75, 3.05) is 4.90 Å². The van der Waals surface area contributed by atoms with Crippen LogP contribution in [0.15, 0.2) is 65.2 Å². The molecule has 0 atom stereocenters. The molecular formula is C20H10ClN3O3. The molecule has 7 heteroatoms. The molecular weight excluding hydrogens is 366 g/mol. The van der Waals surface area contributed by atoms with Crippen LogP contribution in [0.1, 0.15) is 20.8 Å². The van der Waals surface area contributed by atoms with Gasteiger partial charge in [-0.05, 0) is 48.5 Å². The van der Waals surface area contributed by atoms with E-state index in [9.17, 15) is 9.59 Å². The Morgan fingerprint density at radius 2 is 1.85 bits per heavy atom. The molecule has 130 valence electrons. The lowest BCUT2D eigenvalue weighted by molar-refractivity contribution is 0.0924. The average Bonchev–Trinajstić information content (AvgIpc) is 3.21. The summed E-state index contributed by atoms with van der Waals surface area (Å²) in [5.74, 6) is -0.467. The number of hydrogen-bond acceptors (Lipinski definition) is 5. The van der Waals surface area contributed by atoms with Crippen LogP contribution in [0.25, 0.3) is 22.6 Å². The second-order valence-corrected chi connectivity index (χ2v) is 6.46. The van der Waals surface area contributed by atoms with Gasteiger partial charge in [0.25, 0.3) is 11.8 Å². The first-order valence-corrected chi connectivity index (χ1v) is 8.50. The third-order valence-corrected chi connectivity index (χ3v) is 4.58. The van der Waals surface area contributed by atoms with Gasteiger partial charge in [-0.25, -0.2) is 9.88 Å². The minimum atomic E-state index is -0.447. The van der Waals surface area contributed by atoms with Crippen molar-refractivity contribution in [3.05, 3.63) is 77.1 Å². The summed E-state index contributed by atoms with van der Waals surface area (Å²) in [6, 6.07) is 15.3. The summed E-state index contributed by atoms with van der Waals surface area (Å²) in [7, 11) is 0. The summed E-state index contributed by atoms with van der Waals surface area (Å²) in [5.41, 5.74) is 2.76. The van der Waals surface area contributed by atoms with Gasteiger partial charge in [0.15, 0.2) is 5.58 Å². The van der Waals surface area contributed by atoms with Crippen LogP contribution in [0.5, 0.6) is 0 Å². The van der Waals surface area contributed by atoms with E-state index in [-0.39, 0.29) is 5.69 Å². The fourth-order valence-corrected chi connectivity index (χ4v) is 3.27. The molecule has 4 aromatic rings. The summed E-state index contributed by atoms with van der Waals surface area (Å²) in [4.78, 5) is 34.8. The fraction of sp³-hybridized carbons (Fsp3) is 0. The Kier molecular flexibility index (Phi) is 3.35. The van der Waals surface area contributed by atoms with Crippen molar-refractivity contribution < 1.29 is 14.0 Å². The van der Waals surface area contributed by atoms with Gasteiger partial charge < -0.3 is 4.42 Å². The Hall–Kier alpha value is -3.51. The molecule has 2 aromatic carbocycles. The van der Waals surface area contributed by atoms with Gasteiger partial charge in [0.2, 0.25) is 5.89 Å². The third kappa shape index (κ3) is 2.42. The van der Waals surface area contributed by atoms with Crippen LogP contribution in [-0.2, 0) is 0 Å². The molecule has 0 N–H and O–H groups in total. The molecule has 0 bridgehead atoms. The Labute approximate surface area is 158 Å². The number of hydrogen-bond donors (Lipinski definition) is 0. The quantitative estimate of drug-likeness (QED) is 0.487. The maximum atomic E-state index is 12.6. The number of nitrogens with zero attached hydrogens (tertiary/aromatic N) is 3. The number of benzene rings is 2. The highest BCUT2D eigenvalue weighted by atomic mass is 35.5. The van der Waals surface area contributed by atoms with Crippen molar-refractivity contribution in [1.82, 2.24) is 9.97 Å². The van der Waals surface area contributed by atoms with Crippen molar-refractivity contribution in [3.63, 3.8) is 0 Å². The molecule has 0 unspecified atom stereocenters. The van der Waals surface area contributed by atoms with Crippen LogP contribution in [0.3, 0.4) is 0 Å². The number of imide groups is 1. The predicted molar refractivity (Wildman–Crippen MR) is 99.8 cm³/mol. The lowest BCUT2D eigenvalue weighted by Crippen LogP contribution is -2.29. The first-order chi connectivity index (χ1) is 13.1. The van der Waals surface area contributed by atoms with E-state index in [4.69, 9.17) is 16.0 Å². The normalized spacial score (nSPS) is 13.4.